The zero-order valence-electron chi connectivity index (χ0n) is 18.8. The quantitative estimate of drug-likeness (QED) is 0.493. The van der Waals surface area contributed by atoms with Crippen LogP contribution in [0, 0.1) is 18.8 Å². The number of halogens is 1. The zero-order chi connectivity index (χ0) is 23.1. The minimum Gasteiger partial charge on any atom is -0.497 e. The first-order chi connectivity index (χ1) is 16.0. The normalized spacial score (nSPS) is 17.9. The van der Waals surface area contributed by atoms with Crippen LogP contribution in [-0.4, -0.2) is 40.7 Å². The van der Waals surface area contributed by atoms with Gasteiger partial charge in [-0.2, -0.15) is 0 Å². The van der Waals surface area contributed by atoms with E-state index in [1.54, 1.807) is 7.11 Å². The lowest BCUT2D eigenvalue weighted by molar-refractivity contribution is -0.146. The van der Waals surface area contributed by atoms with Gasteiger partial charge in [0.1, 0.15) is 17.6 Å². The summed E-state index contributed by atoms with van der Waals surface area (Å²) in [6.07, 6.45) is 2.95. The number of carbonyl (C=O) groups excluding carboxylic acids is 1. The van der Waals surface area contributed by atoms with Crippen molar-refractivity contribution < 1.29 is 14.3 Å². The second-order valence-corrected chi connectivity index (χ2v) is 9.00. The van der Waals surface area contributed by atoms with Crippen LogP contribution in [0.25, 0.3) is 5.69 Å². The predicted octanol–water partition coefficient (Wildman–Crippen LogP) is 4.72. The number of aryl methyl sites for hydroxylation is 1. The summed E-state index contributed by atoms with van der Waals surface area (Å²) < 4.78 is 12.7. The number of fused-ring (bicyclic) bond motifs is 3. The maximum atomic E-state index is 13.0. The number of benzene rings is 2. The molecule has 3 aromatic rings. The van der Waals surface area contributed by atoms with E-state index in [0.29, 0.717) is 28.9 Å². The molecule has 0 spiro atoms. The van der Waals surface area contributed by atoms with Crippen LogP contribution in [0.15, 0.2) is 47.5 Å². The number of esters is 1. The van der Waals surface area contributed by atoms with Crippen molar-refractivity contribution in [3.8, 4) is 11.4 Å². The Labute approximate surface area is 197 Å². The lowest BCUT2D eigenvalue weighted by atomic mass is 9.92. The van der Waals surface area contributed by atoms with E-state index < -0.39 is 12.0 Å². The molecule has 0 saturated heterocycles. The molecule has 0 amide bonds. The van der Waals surface area contributed by atoms with E-state index in [-0.39, 0.29) is 5.97 Å². The van der Waals surface area contributed by atoms with E-state index in [9.17, 15) is 4.79 Å². The standard InChI is InChI=1S/C25H25ClN4O3/c1-14-28-29-24-23(20(25(31)33-3)12-15-4-5-15)27-22(16-6-8-17(26)9-7-16)19-13-18(32-2)10-11-21(19)30(14)24/h6-11,13,15,20,23H,4-5,12H2,1-3H3/t20-,23-/m0/s1. The second-order valence-electron chi connectivity index (χ2n) is 8.56. The van der Waals surface area contributed by atoms with Crippen molar-refractivity contribution in [1.82, 2.24) is 14.8 Å². The zero-order valence-corrected chi connectivity index (χ0v) is 19.5. The number of aliphatic imine (C=N–C) groups is 1. The fourth-order valence-corrected chi connectivity index (χ4v) is 4.61. The van der Waals surface area contributed by atoms with Gasteiger partial charge in [-0.1, -0.05) is 36.6 Å². The first-order valence-corrected chi connectivity index (χ1v) is 11.4. The molecule has 33 heavy (non-hydrogen) atoms. The van der Waals surface area contributed by atoms with E-state index in [4.69, 9.17) is 26.1 Å². The number of rotatable bonds is 6. The van der Waals surface area contributed by atoms with E-state index in [0.717, 1.165) is 41.2 Å². The Morgan fingerprint density at radius 3 is 2.58 bits per heavy atom. The van der Waals surface area contributed by atoms with Gasteiger partial charge in [-0.25, -0.2) is 0 Å². The average Bonchev–Trinajstić information content (AvgIpc) is 3.60. The molecule has 1 fully saturated rings. The summed E-state index contributed by atoms with van der Waals surface area (Å²) in [6, 6.07) is 12.9. The molecule has 170 valence electrons. The summed E-state index contributed by atoms with van der Waals surface area (Å²) in [7, 11) is 3.07. The molecular weight excluding hydrogens is 440 g/mol. The SMILES string of the molecule is COC(=O)[C@@H](CC1CC1)[C@@H]1N=C(c2ccc(Cl)cc2)c2cc(OC)ccc2-n2c(C)nnc21. The van der Waals surface area contributed by atoms with Crippen molar-refractivity contribution >= 4 is 23.3 Å². The molecule has 2 heterocycles. The molecule has 2 aliphatic rings. The van der Waals surface area contributed by atoms with E-state index in [1.807, 2.05) is 54.0 Å². The summed E-state index contributed by atoms with van der Waals surface area (Å²) >= 11 is 6.17. The van der Waals surface area contributed by atoms with Crippen LogP contribution in [-0.2, 0) is 9.53 Å². The monoisotopic (exact) mass is 464 g/mol. The van der Waals surface area contributed by atoms with Crippen LogP contribution < -0.4 is 4.74 Å². The highest BCUT2D eigenvalue weighted by molar-refractivity contribution is 6.30. The van der Waals surface area contributed by atoms with Gasteiger partial charge in [0.05, 0.1) is 31.5 Å². The molecule has 1 saturated carbocycles. The van der Waals surface area contributed by atoms with E-state index >= 15 is 0 Å². The van der Waals surface area contributed by atoms with Crippen LogP contribution in [0.5, 0.6) is 5.75 Å². The van der Waals surface area contributed by atoms with Gasteiger partial charge >= 0.3 is 5.97 Å². The molecule has 0 radical (unpaired) electrons. The minimum atomic E-state index is -0.539. The van der Waals surface area contributed by atoms with Gasteiger partial charge in [0, 0.05) is 16.1 Å². The van der Waals surface area contributed by atoms with Gasteiger partial charge in [-0.3, -0.25) is 14.4 Å². The van der Waals surface area contributed by atoms with Crippen LogP contribution in [0.1, 0.15) is 48.1 Å². The molecule has 2 atom stereocenters. The lowest BCUT2D eigenvalue weighted by Gasteiger charge is -2.21. The predicted molar refractivity (Wildman–Crippen MR) is 125 cm³/mol. The lowest BCUT2D eigenvalue weighted by Crippen LogP contribution is -2.25. The molecule has 0 N–H and O–H groups in total. The van der Waals surface area contributed by atoms with Gasteiger partial charge in [0.2, 0.25) is 0 Å². The van der Waals surface area contributed by atoms with Gasteiger partial charge in [0.25, 0.3) is 0 Å². The summed E-state index contributed by atoms with van der Waals surface area (Å²) in [6.45, 7) is 1.91. The summed E-state index contributed by atoms with van der Waals surface area (Å²) in [5, 5.41) is 9.48. The van der Waals surface area contributed by atoms with Crippen molar-refractivity contribution in [2.75, 3.05) is 14.2 Å². The second kappa shape index (κ2) is 8.63. The van der Waals surface area contributed by atoms with Crippen LogP contribution in [0.2, 0.25) is 5.02 Å². The molecule has 2 aromatic carbocycles. The van der Waals surface area contributed by atoms with Crippen molar-refractivity contribution in [2.24, 2.45) is 16.8 Å². The Kier molecular flexibility index (Phi) is 5.66. The molecule has 0 bridgehead atoms. The Bertz CT molecular complexity index is 1230. The Balaban J connectivity index is 1.77. The van der Waals surface area contributed by atoms with Crippen molar-refractivity contribution in [3.63, 3.8) is 0 Å². The van der Waals surface area contributed by atoms with Crippen LogP contribution in [0.3, 0.4) is 0 Å². The molecule has 8 heteroatoms. The average molecular weight is 465 g/mol. The van der Waals surface area contributed by atoms with E-state index in [2.05, 4.69) is 10.2 Å². The Morgan fingerprint density at radius 2 is 1.91 bits per heavy atom. The van der Waals surface area contributed by atoms with Crippen molar-refractivity contribution in [2.45, 2.75) is 32.2 Å². The number of hydrogen-bond acceptors (Lipinski definition) is 6. The topological polar surface area (TPSA) is 78.6 Å². The first kappa shape index (κ1) is 21.6. The minimum absolute atomic E-state index is 0.276. The molecular formula is C25H25ClN4O3. The number of hydrogen-bond donors (Lipinski definition) is 0. The Hall–Kier alpha value is -3.19. The molecule has 1 aromatic heterocycles. The molecule has 0 unspecified atom stereocenters. The highest BCUT2D eigenvalue weighted by atomic mass is 35.5. The number of carbonyl (C=O) groups is 1. The maximum absolute atomic E-state index is 13.0. The van der Waals surface area contributed by atoms with Crippen molar-refractivity contribution in [1.29, 1.82) is 0 Å². The first-order valence-electron chi connectivity index (χ1n) is 11.0. The summed E-state index contributed by atoms with van der Waals surface area (Å²) in [5.41, 5.74) is 3.41. The smallest absolute Gasteiger partial charge is 0.311 e. The number of aromatic nitrogens is 3. The molecule has 1 aliphatic carbocycles. The number of methoxy groups -OCH3 is 2. The number of ether oxygens (including phenoxy) is 2. The third-order valence-corrected chi connectivity index (χ3v) is 6.62. The fourth-order valence-electron chi connectivity index (χ4n) is 4.49. The van der Waals surface area contributed by atoms with E-state index in [1.165, 1.54) is 7.11 Å². The molecule has 1 aliphatic heterocycles. The van der Waals surface area contributed by atoms with Crippen LogP contribution in [0.4, 0.5) is 0 Å². The largest absolute Gasteiger partial charge is 0.497 e. The third kappa shape index (κ3) is 4.02. The highest BCUT2D eigenvalue weighted by Gasteiger charge is 2.40. The van der Waals surface area contributed by atoms with Gasteiger partial charge in [-0.05, 0) is 49.6 Å². The Morgan fingerprint density at radius 1 is 1.15 bits per heavy atom. The summed E-state index contributed by atoms with van der Waals surface area (Å²) in [5.74, 6) is 1.85. The molecule has 5 rings (SSSR count). The van der Waals surface area contributed by atoms with Gasteiger partial charge in [0.15, 0.2) is 5.82 Å². The molecule has 7 nitrogen and oxygen atoms in total. The maximum Gasteiger partial charge on any atom is 0.311 e. The number of nitrogens with zero attached hydrogens (tertiary/aromatic N) is 4. The van der Waals surface area contributed by atoms with Crippen molar-refractivity contribution in [3.05, 3.63) is 70.3 Å². The van der Waals surface area contributed by atoms with Gasteiger partial charge in [-0.15, -0.1) is 10.2 Å². The highest BCUT2D eigenvalue weighted by Crippen LogP contribution is 2.43. The summed E-state index contributed by atoms with van der Waals surface area (Å²) in [4.78, 5) is 18.2. The van der Waals surface area contributed by atoms with Gasteiger partial charge < -0.3 is 9.47 Å². The third-order valence-electron chi connectivity index (χ3n) is 6.37. The fraction of sp³-hybridized carbons (Fsp3) is 0.360. The van der Waals surface area contributed by atoms with Crippen LogP contribution >= 0.6 is 11.6 Å².